The Hall–Kier alpha value is 1.24. The van der Waals surface area contributed by atoms with Gasteiger partial charge in [-0.15, -0.1) is 24.8 Å². The van der Waals surface area contributed by atoms with Crippen molar-refractivity contribution in [3.05, 3.63) is 0 Å². The monoisotopic (exact) mass is 237 g/mol. The maximum absolute atomic E-state index is 4.28. The molecule has 0 aliphatic heterocycles. The Morgan fingerprint density at radius 1 is 1.36 bits per heavy atom. The summed E-state index contributed by atoms with van der Waals surface area (Å²) >= 11 is 8.38. The van der Waals surface area contributed by atoms with Gasteiger partial charge in [-0.25, -0.2) is 0 Å². The van der Waals surface area contributed by atoms with Gasteiger partial charge in [0.15, 0.2) is 0 Å². The number of nitrogens with one attached hydrogen (secondary N) is 1. The van der Waals surface area contributed by atoms with Crippen LogP contribution >= 0.6 is 50.1 Å². The van der Waals surface area contributed by atoms with E-state index in [2.05, 4.69) is 37.5 Å². The maximum atomic E-state index is 4.28. The molecule has 1 unspecified atom stereocenters. The third-order valence-electron chi connectivity index (χ3n) is 1.03. The number of halogens is 2. The van der Waals surface area contributed by atoms with Crippen LogP contribution in [0.5, 0.6) is 0 Å². The first kappa shape index (κ1) is 18.1. The van der Waals surface area contributed by atoms with E-state index in [1.165, 1.54) is 6.42 Å². The van der Waals surface area contributed by atoms with Gasteiger partial charge in [0, 0.05) is 0 Å². The van der Waals surface area contributed by atoms with Crippen molar-refractivity contribution in [1.82, 2.24) is 5.32 Å². The molecule has 0 saturated carbocycles. The van der Waals surface area contributed by atoms with Gasteiger partial charge in [0.05, 0.1) is 5.37 Å². The molecule has 0 aromatic heterocycles. The molecule has 0 radical (unpaired) electrons. The Bertz CT molecular complexity index is 66.5. The lowest BCUT2D eigenvalue weighted by Gasteiger charge is -2.09. The van der Waals surface area contributed by atoms with Gasteiger partial charge in [0.25, 0.3) is 0 Å². The zero-order valence-electron chi connectivity index (χ0n) is 6.62. The highest BCUT2D eigenvalue weighted by molar-refractivity contribution is 7.81. The fourth-order valence-electron chi connectivity index (χ4n) is 0.535. The van der Waals surface area contributed by atoms with Crippen LogP contribution in [0.1, 0.15) is 19.8 Å². The minimum Gasteiger partial charge on any atom is -0.306 e. The molecule has 11 heavy (non-hydrogen) atoms. The Morgan fingerprint density at radius 3 is 2.27 bits per heavy atom. The zero-order valence-corrected chi connectivity index (χ0v) is 10.0. The molecule has 0 aromatic rings. The number of hydrogen-bond acceptors (Lipinski definition) is 3. The van der Waals surface area contributed by atoms with Crippen molar-refractivity contribution >= 4 is 50.1 Å². The van der Waals surface area contributed by atoms with E-state index >= 15 is 0 Å². The molecule has 0 bridgehead atoms. The first-order chi connectivity index (χ1) is 4.31. The normalized spacial score (nSPS) is 11.2. The van der Waals surface area contributed by atoms with E-state index in [4.69, 9.17) is 0 Å². The average Bonchev–Trinajstić information content (AvgIpc) is 1.85. The fraction of sp³-hybridized carbons (Fsp3) is 1.00. The second-order valence-electron chi connectivity index (χ2n) is 1.98. The highest BCUT2D eigenvalue weighted by Crippen LogP contribution is 1.97. The quantitative estimate of drug-likeness (QED) is 0.493. The molecule has 0 fully saturated rings. The Kier molecular flexibility index (Phi) is 22.7. The number of thiol groups is 2. The summed E-state index contributed by atoms with van der Waals surface area (Å²) in [6, 6.07) is 0. The highest BCUT2D eigenvalue weighted by atomic mass is 35.5. The SMILES string of the molecule is CCCNC(S)CCS.Cl.Cl. The molecule has 0 spiro atoms. The van der Waals surface area contributed by atoms with Crippen molar-refractivity contribution in [2.75, 3.05) is 12.3 Å². The molecule has 1 atom stereocenters. The minimum atomic E-state index is 0. The standard InChI is InChI=1S/C6H15NS2.2ClH/c1-2-4-7-6(9)3-5-8;;/h6-9H,2-5H2,1H3;2*1H. The summed E-state index contributed by atoms with van der Waals surface area (Å²) in [6.45, 7) is 3.20. The summed E-state index contributed by atoms with van der Waals surface area (Å²) in [4.78, 5) is 0. The van der Waals surface area contributed by atoms with Crippen molar-refractivity contribution in [2.45, 2.75) is 25.1 Å². The second kappa shape index (κ2) is 13.8. The molecular weight excluding hydrogens is 221 g/mol. The van der Waals surface area contributed by atoms with Crippen LogP contribution < -0.4 is 5.32 Å². The van der Waals surface area contributed by atoms with Crippen molar-refractivity contribution in [2.24, 2.45) is 0 Å². The van der Waals surface area contributed by atoms with Gasteiger partial charge in [0.2, 0.25) is 0 Å². The lowest BCUT2D eigenvalue weighted by atomic mass is 10.4. The molecule has 1 nitrogen and oxygen atoms in total. The zero-order chi connectivity index (χ0) is 7.11. The van der Waals surface area contributed by atoms with Crippen LogP contribution in [0.3, 0.4) is 0 Å². The average molecular weight is 238 g/mol. The van der Waals surface area contributed by atoms with Gasteiger partial charge < -0.3 is 5.32 Å². The van der Waals surface area contributed by atoms with Gasteiger partial charge in [-0.3, -0.25) is 0 Å². The number of rotatable bonds is 5. The van der Waals surface area contributed by atoms with E-state index in [1.807, 2.05) is 0 Å². The van der Waals surface area contributed by atoms with Crippen LogP contribution in [0.25, 0.3) is 0 Å². The van der Waals surface area contributed by atoms with Crippen LogP contribution in [-0.4, -0.2) is 17.7 Å². The molecule has 5 heteroatoms. The van der Waals surface area contributed by atoms with Gasteiger partial charge in [-0.2, -0.15) is 25.3 Å². The van der Waals surface area contributed by atoms with E-state index in [0.29, 0.717) is 5.37 Å². The molecule has 0 aliphatic carbocycles. The lowest BCUT2D eigenvalue weighted by Crippen LogP contribution is -2.24. The molecule has 0 amide bonds. The summed E-state index contributed by atoms with van der Waals surface area (Å²) in [5, 5.41) is 3.58. The van der Waals surface area contributed by atoms with Gasteiger partial charge in [-0.05, 0) is 25.1 Å². The molecule has 0 rings (SSSR count). The first-order valence-corrected chi connectivity index (χ1v) is 4.48. The van der Waals surface area contributed by atoms with Crippen molar-refractivity contribution in [3.63, 3.8) is 0 Å². The highest BCUT2D eigenvalue weighted by Gasteiger charge is 1.96. The lowest BCUT2D eigenvalue weighted by molar-refractivity contribution is 0.631. The molecule has 0 aromatic carbocycles. The van der Waals surface area contributed by atoms with Gasteiger partial charge >= 0.3 is 0 Å². The second-order valence-corrected chi connectivity index (χ2v) is 3.05. The summed E-state index contributed by atoms with van der Waals surface area (Å²) in [5.74, 6) is 0.908. The predicted molar refractivity (Wildman–Crippen MR) is 64.0 cm³/mol. The Labute approximate surface area is 92.7 Å². The van der Waals surface area contributed by atoms with Crippen LogP contribution in [-0.2, 0) is 0 Å². The van der Waals surface area contributed by atoms with Crippen LogP contribution in [0, 0.1) is 0 Å². The fourth-order valence-corrected chi connectivity index (χ4v) is 1.26. The maximum Gasteiger partial charge on any atom is 0.0510 e. The topological polar surface area (TPSA) is 12.0 Å². The van der Waals surface area contributed by atoms with E-state index in [-0.39, 0.29) is 24.8 Å². The molecule has 1 N–H and O–H groups in total. The van der Waals surface area contributed by atoms with Crippen molar-refractivity contribution in [1.29, 1.82) is 0 Å². The van der Waals surface area contributed by atoms with Crippen molar-refractivity contribution in [3.8, 4) is 0 Å². The van der Waals surface area contributed by atoms with E-state index in [9.17, 15) is 0 Å². The Morgan fingerprint density at radius 2 is 1.91 bits per heavy atom. The third kappa shape index (κ3) is 14.1. The van der Waals surface area contributed by atoms with E-state index < -0.39 is 0 Å². The molecule has 0 saturated heterocycles. The summed E-state index contributed by atoms with van der Waals surface area (Å²) in [6.07, 6.45) is 2.20. The Balaban J connectivity index is -0.000000320. The van der Waals surface area contributed by atoms with Gasteiger partial charge in [0.1, 0.15) is 0 Å². The smallest absolute Gasteiger partial charge is 0.0510 e. The van der Waals surface area contributed by atoms with Crippen LogP contribution in [0.15, 0.2) is 0 Å². The largest absolute Gasteiger partial charge is 0.306 e. The summed E-state index contributed by atoms with van der Waals surface area (Å²) in [7, 11) is 0. The molecule has 0 heterocycles. The first-order valence-electron chi connectivity index (χ1n) is 3.33. The predicted octanol–water partition coefficient (Wildman–Crippen LogP) is 2.41. The van der Waals surface area contributed by atoms with E-state index in [1.54, 1.807) is 0 Å². The van der Waals surface area contributed by atoms with Crippen molar-refractivity contribution < 1.29 is 0 Å². The van der Waals surface area contributed by atoms with Crippen LogP contribution in [0.2, 0.25) is 0 Å². The van der Waals surface area contributed by atoms with Crippen LogP contribution in [0.4, 0.5) is 0 Å². The molecule has 0 aliphatic rings. The molecule has 72 valence electrons. The van der Waals surface area contributed by atoms with Gasteiger partial charge in [-0.1, -0.05) is 6.92 Å². The van der Waals surface area contributed by atoms with E-state index in [0.717, 1.165) is 18.7 Å². The number of hydrogen-bond donors (Lipinski definition) is 3. The summed E-state index contributed by atoms with van der Waals surface area (Å²) in [5.41, 5.74) is 0. The third-order valence-corrected chi connectivity index (χ3v) is 1.73. The minimum absolute atomic E-state index is 0. The summed E-state index contributed by atoms with van der Waals surface area (Å²) < 4.78 is 0. The molecular formula is C6H17Cl2NS2.